The van der Waals surface area contributed by atoms with Gasteiger partial charge in [-0.2, -0.15) is 0 Å². The highest BCUT2D eigenvalue weighted by Crippen LogP contribution is 2.17. The Bertz CT molecular complexity index is 210. The lowest BCUT2D eigenvalue weighted by molar-refractivity contribution is 0.306. The van der Waals surface area contributed by atoms with Crippen LogP contribution in [-0.4, -0.2) is 37.3 Å². The Morgan fingerprint density at radius 1 is 0.667 bits per heavy atom. The van der Waals surface area contributed by atoms with E-state index in [1.165, 1.54) is 51.4 Å². The average molecular weight is 254 g/mol. The summed E-state index contributed by atoms with van der Waals surface area (Å²) in [6.45, 7) is 2.03. The second-order valence-electron chi connectivity index (χ2n) is 6.02. The molecule has 2 fully saturated rings. The van der Waals surface area contributed by atoms with E-state index in [-0.39, 0.29) is 0 Å². The van der Waals surface area contributed by atoms with E-state index in [0.29, 0.717) is 24.2 Å². The summed E-state index contributed by atoms with van der Waals surface area (Å²) in [5.74, 6) is 0. The summed E-state index contributed by atoms with van der Waals surface area (Å²) in [4.78, 5) is 0. The van der Waals surface area contributed by atoms with Crippen molar-refractivity contribution >= 4 is 0 Å². The van der Waals surface area contributed by atoms with Crippen molar-refractivity contribution < 1.29 is 0 Å². The van der Waals surface area contributed by atoms with Crippen LogP contribution in [-0.2, 0) is 0 Å². The van der Waals surface area contributed by atoms with Crippen molar-refractivity contribution in [3.63, 3.8) is 0 Å². The van der Waals surface area contributed by atoms with Gasteiger partial charge in [0.25, 0.3) is 0 Å². The molecule has 0 aromatic carbocycles. The predicted molar refractivity (Wildman–Crippen MR) is 76.5 cm³/mol. The van der Waals surface area contributed by atoms with Crippen molar-refractivity contribution in [2.45, 2.75) is 75.5 Å². The summed E-state index contributed by atoms with van der Waals surface area (Å²) in [7, 11) is 0. The molecule has 0 aromatic rings. The van der Waals surface area contributed by atoms with E-state index in [0.717, 1.165) is 13.1 Å². The first kappa shape index (κ1) is 14.3. The molecular formula is C14H30N4. The van der Waals surface area contributed by atoms with Crippen molar-refractivity contribution in [1.29, 1.82) is 0 Å². The monoisotopic (exact) mass is 254 g/mol. The Morgan fingerprint density at radius 3 is 1.44 bits per heavy atom. The molecule has 6 N–H and O–H groups in total. The first-order chi connectivity index (χ1) is 8.77. The zero-order valence-electron chi connectivity index (χ0n) is 11.5. The van der Waals surface area contributed by atoms with Crippen molar-refractivity contribution in [1.82, 2.24) is 10.6 Å². The van der Waals surface area contributed by atoms with Crippen LogP contribution in [0.3, 0.4) is 0 Å². The quantitative estimate of drug-likeness (QED) is 0.545. The summed E-state index contributed by atoms with van der Waals surface area (Å²) >= 11 is 0. The van der Waals surface area contributed by atoms with Crippen LogP contribution in [0.1, 0.15) is 51.4 Å². The number of nitrogens with one attached hydrogen (secondary N) is 2. The molecule has 18 heavy (non-hydrogen) atoms. The highest BCUT2D eigenvalue weighted by molar-refractivity contribution is 4.86. The Kier molecular flexibility index (Phi) is 5.89. The van der Waals surface area contributed by atoms with Crippen LogP contribution in [0.2, 0.25) is 0 Å². The maximum Gasteiger partial charge on any atom is 0.0219 e. The van der Waals surface area contributed by atoms with E-state index in [4.69, 9.17) is 11.5 Å². The molecule has 2 rings (SSSR count). The summed E-state index contributed by atoms with van der Waals surface area (Å²) < 4.78 is 0. The third-order valence-corrected chi connectivity index (χ3v) is 4.58. The summed E-state index contributed by atoms with van der Waals surface area (Å²) in [5, 5.41) is 7.19. The minimum Gasteiger partial charge on any atom is -0.326 e. The minimum atomic E-state index is 0.357. The van der Waals surface area contributed by atoms with Crippen LogP contribution in [0.4, 0.5) is 0 Å². The SMILES string of the molecule is NC1CCCCC1NCCN[C@@H]1CCCC[C@@H]1N. The molecule has 0 spiro atoms. The summed E-state index contributed by atoms with van der Waals surface area (Å²) in [6, 6.07) is 1.77. The van der Waals surface area contributed by atoms with Crippen molar-refractivity contribution in [2.75, 3.05) is 13.1 Å². The van der Waals surface area contributed by atoms with E-state index >= 15 is 0 Å². The van der Waals surface area contributed by atoms with E-state index in [9.17, 15) is 0 Å². The molecule has 2 aliphatic carbocycles. The van der Waals surface area contributed by atoms with Gasteiger partial charge >= 0.3 is 0 Å². The first-order valence-electron chi connectivity index (χ1n) is 7.75. The van der Waals surface area contributed by atoms with Gasteiger partial charge in [0.15, 0.2) is 0 Å². The van der Waals surface area contributed by atoms with Crippen LogP contribution in [0.5, 0.6) is 0 Å². The zero-order valence-corrected chi connectivity index (χ0v) is 11.5. The molecule has 0 saturated heterocycles. The van der Waals surface area contributed by atoms with E-state index < -0.39 is 0 Å². The number of rotatable bonds is 5. The summed E-state index contributed by atoms with van der Waals surface area (Å²) in [6.07, 6.45) is 10.1. The highest BCUT2D eigenvalue weighted by Gasteiger charge is 2.22. The Labute approximate surface area is 111 Å². The van der Waals surface area contributed by atoms with Gasteiger partial charge in [0.05, 0.1) is 0 Å². The Balaban J connectivity index is 1.57. The largest absolute Gasteiger partial charge is 0.326 e. The maximum atomic E-state index is 6.12. The van der Waals surface area contributed by atoms with Crippen molar-refractivity contribution in [2.24, 2.45) is 11.5 Å². The van der Waals surface area contributed by atoms with Gasteiger partial charge in [-0.1, -0.05) is 25.7 Å². The fourth-order valence-corrected chi connectivity index (χ4v) is 3.34. The molecule has 0 radical (unpaired) electrons. The van der Waals surface area contributed by atoms with Crippen LogP contribution >= 0.6 is 0 Å². The molecule has 106 valence electrons. The molecule has 2 aliphatic rings. The standard InChI is InChI=1S/C14H30N4/c15-11-5-1-3-7-13(11)17-9-10-18-14-8-4-2-6-12(14)16/h11-14,17-18H,1-10,15-16H2/t11-,12?,13+,14?/m0/s1. The average Bonchev–Trinajstić information content (AvgIpc) is 2.38. The van der Waals surface area contributed by atoms with Gasteiger partial charge in [-0.25, -0.2) is 0 Å². The summed E-state index contributed by atoms with van der Waals surface area (Å²) in [5.41, 5.74) is 12.2. The molecule has 4 nitrogen and oxygen atoms in total. The van der Waals surface area contributed by atoms with Gasteiger partial charge in [-0.05, 0) is 25.7 Å². The zero-order chi connectivity index (χ0) is 12.8. The Morgan fingerprint density at radius 2 is 1.06 bits per heavy atom. The second-order valence-corrected chi connectivity index (χ2v) is 6.02. The van der Waals surface area contributed by atoms with Gasteiger partial charge in [0, 0.05) is 37.3 Å². The lowest BCUT2D eigenvalue weighted by Crippen LogP contribution is -2.51. The predicted octanol–water partition coefficient (Wildman–Crippen LogP) is 0.705. The minimum absolute atomic E-state index is 0.357. The van der Waals surface area contributed by atoms with Gasteiger partial charge in [-0.15, -0.1) is 0 Å². The molecule has 0 bridgehead atoms. The fourth-order valence-electron chi connectivity index (χ4n) is 3.34. The molecule has 2 unspecified atom stereocenters. The van der Waals surface area contributed by atoms with Crippen LogP contribution < -0.4 is 22.1 Å². The van der Waals surface area contributed by atoms with E-state index in [1.54, 1.807) is 0 Å². The van der Waals surface area contributed by atoms with Crippen molar-refractivity contribution in [3.8, 4) is 0 Å². The van der Waals surface area contributed by atoms with Crippen molar-refractivity contribution in [3.05, 3.63) is 0 Å². The number of hydrogen-bond donors (Lipinski definition) is 4. The molecule has 4 heteroatoms. The fraction of sp³-hybridized carbons (Fsp3) is 1.00. The highest BCUT2D eigenvalue weighted by atomic mass is 15.0. The lowest BCUT2D eigenvalue weighted by Gasteiger charge is -2.31. The smallest absolute Gasteiger partial charge is 0.0219 e. The third-order valence-electron chi connectivity index (χ3n) is 4.58. The molecular weight excluding hydrogens is 224 g/mol. The molecule has 0 heterocycles. The van der Waals surface area contributed by atoms with E-state index in [2.05, 4.69) is 10.6 Å². The molecule has 0 amide bonds. The topological polar surface area (TPSA) is 76.1 Å². The van der Waals surface area contributed by atoms with Gasteiger partial charge in [0.1, 0.15) is 0 Å². The normalized spacial score (nSPS) is 37.7. The number of nitrogens with two attached hydrogens (primary N) is 2. The molecule has 2 saturated carbocycles. The molecule has 4 atom stereocenters. The van der Waals surface area contributed by atoms with Gasteiger partial charge < -0.3 is 22.1 Å². The maximum absolute atomic E-state index is 6.12. The lowest BCUT2D eigenvalue weighted by atomic mass is 9.90. The van der Waals surface area contributed by atoms with Crippen LogP contribution in [0.15, 0.2) is 0 Å². The molecule has 0 aliphatic heterocycles. The third kappa shape index (κ3) is 4.19. The Hall–Kier alpha value is -0.160. The number of hydrogen-bond acceptors (Lipinski definition) is 4. The van der Waals surface area contributed by atoms with Gasteiger partial charge in [-0.3, -0.25) is 0 Å². The van der Waals surface area contributed by atoms with E-state index in [1.807, 2.05) is 0 Å². The van der Waals surface area contributed by atoms with Crippen LogP contribution in [0.25, 0.3) is 0 Å². The molecule has 0 aromatic heterocycles. The first-order valence-corrected chi connectivity index (χ1v) is 7.75. The van der Waals surface area contributed by atoms with Gasteiger partial charge in [0.2, 0.25) is 0 Å². The second kappa shape index (κ2) is 7.43. The van der Waals surface area contributed by atoms with Crippen LogP contribution in [0, 0.1) is 0 Å².